The van der Waals surface area contributed by atoms with Gasteiger partial charge in [0.05, 0.1) is 33.4 Å². The minimum absolute atomic E-state index is 0.264. The number of hydrogen-bond donors (Lipinski definition) is 2. The Morgan fingerprint density at radius 3 is 2.27 bits per heavy atom. The molecule has 1 aliphatic heterocycles. The molecular formula is C23H23N5O3S2. The van der Waals surface area contributed by atoms with Crippen LogP contribution in [0.1, 0.15) is 37.2 Å². The number of nitrogens with one attached hydrogen (secondary N) is 1. The van der Waals surface area contributed by atoms with Crippen molar-refractivity contribution in [1.29, 1.82) is 0 Å². The molecule has 0 bridgehead atoms. The fraction of sp³-hybridized carbons (Fsp3) is 0.304. The first kappa shape index (κ1) is 22.0. The van der Waals surface area contributed by atoms with Gasteiger partial charge in [0, 0.05) is 17.3 Å². The summed E-state index contributed by atoms with van der Waals surface area (Å²) in [5.74, 6) is -0.264. The van der Waals surface area contributed by atoms with E-state index in [1.54, 1.807) is 24.2 Å². The molecule has 0 radical (unpaired) electrons. The number of hydrogen-bond acceptors (Lipinski definition) is 8. The van der Waals surface area contributed by atoms with Gasteiger partial charge in [0.1, 0.15) is 22.1 Å². The smallest absolute Gasteiger partial charge is 0.264 e. The number of rotatable bonds is 6. The molecule has 3 heterocycles. The standard InChI is InChI=1S/C23H23N5O3S2/c1-3-14-11-24-17-18(26-14)19-20(25-12-15(4-2)27-19)23-21(17)28-16-9-5-7-13(22(16)32-23)8-6-10-33(29,30)31/h5,7,9,11-12,28H,3-4,6,8,10H2,1-2H3,(H,29,30,31). The van der Waals surface area contributed by atoms with Crippen molar-refractivity contribution in [2.45, 2.75) is 49.3 Å². The molecule has 170 valence electrons. The van der Waals surface area contributed by atoms with E-state index in [1.165, 1.54) is 0 Å². The summed E-state index contributed by atoms with van der Waals surface area (Å²) in [6.07, 6.45) is 6.03. The van der Waals surface area contributed by atoms with Gasteiger partial charge < -0.3 is 5.32 Å². The average molecular weight is 482 g/mol. The van der Waals surface area contributed by atoms with E-state index < -0.39 is 10.1 Å². The van der Waals surface area contributed by atoms with Crippen molar-refractivity contribution in [1.82, 2.24) is 19.9 Å². The highest BCUT2D eigenvalue weighted by Crippen LogP contribution is 2.50. The molecule has 0 aliphatic carbocycles. The van der Waals surface area contributed by atoms with E-state index in [-0.39, 0.29) is 5.75 Å². The molecule has 2 N–H and O–H groups in total. The highest BCUT2D eigenvalue weighted by Gasteiger charge is 2.26. The van der Waals surface area contributed by atoms with E-state index >= 15 is 0 Å². The van der Waals surface area contributed by atoms with Crippen LogP contribution in [0.15, 0.2) is 40.4 Å². The third-order valence-electron chi connectivity index (χ3n) is 5.68. The Morgan fingerprint density at radius 1 is 0.939 bits per heavy atom. The molecule has 1 aliphatic rings. The first-order chi connectivity index (χ1) is 15.9. The minimum Gasteiger partial charge on any atom is -0.352 e. The summed E-state index contributed by atoms with van der Waals surface area (Å²) < 4.78 is 31.4. The molecule has 0 fully saturated rings. The van der Waals surface area contributed by atoms with Crippen molar-refractivity contribution < 1.29 is 13.0 Å². The van der Waals surface area contributed by atoms with Gasteiger partial charge in [0.25, 0.3) is 10.1 Å². The number of nitrogens with zero attached hydrogens (tertiary/aromatic N) is 4. The number of anilines is 2. The van der Waals surface area contributed by atoms with Gasteiger partial charge in [0.15, 0.2) is 0 Å². The number of fused-ring (bicyclic) bond motifs is 7. The van der Waals surface area contributed by atoms with Gasteiger partial charge >= 0.3 is 0 Å². The van der Waals surface area contributed by atoms with E-state index in [0.29, 0.717) is 12.8 Å². The second-order valence-electron chi connectivity index (χ2n) is 7.94. The highest BCUT2D eigenvalue weighted by atomic mass is 32.2. The lowest BCUT2D eigenvalue weighted by molar-refractivity contribution is 0.481. The second-order valence-corrected chi connectivity index (χ2v) is 10.5. The van der Waals surface area contributed by atoms with Gasteiger partial charge in [-0.25, -0.2) is 9.97 Å². The van der Waals surface area contributed by atoms with Crippen LogP contribution in [0.3, 0.4) is 0 Å². The van der Waals surface area contributed by atoms with Crippen LogP contribution >= 0.6 is 11.8 Å². The van der Waals surface area contributed by atoms with Crippen molar-refractivity contribution >= 4 is 55.3 Å². The summed E-state index contributed by atoms with van der Waals surface area (Å²) in [7, 11) is -3.99. The predicted octanol–water partition coefficient (Wildman–Crippen LogP) is 4.73. The fourth-order valence-corrected chi connectivity index (χ4v) is 5.73. The van der Waals surface area contributed by atoms with Gasteiger partial charge in [-0.1, -0.05) is 37.7 Å². The van der Waals surface area contributed by atoms with Crippen molar-refractivity contribution in [2.24, 2.45) is 0 Å². The van der Waals surface area contributed by atoms with Crippen molar-refractivity contribution in [3.05, 3.63) is 47.5 Å². The Balaban J connectivity index is 1.67. The largest absolute Gasteiger partial charge is 0.352 e. The summed E-state index contributed by atoms with van der Waals surface area (Å²) >= 11 is 1.59. The minimum atomic E-state index is -3.99. The first-order valence-corrected chi connectivity index (χ1v) is 13.3. The lowest BCUT2D eigenvalue weighted by Gasteiger charge is -2.25. The van der Waals surface area contributed by atoms with Crippen LogP contribution in [0.5, 0.6) is 0 Å². The van der Waals surface area contributed by atoms with Gasteiger partial charge in [-0.15, -0.1) is 0 Å². The molecule has 5 rings (SSSR count). The maximum absolute atomic E-state index is 11.2. The maximum Gasteiger partial charge on any atom is 0.264 e. The van der Waals surface area contributed by atoms with Gasteiger partial charge in [-0.05, 0) is 37.3 Å². The molecule has 0 saturated carbocycles. The third kappa shape index (κ3) is 4.14. The van der Waals surface area contributed by atoms with Crippen molar-refractivity contribution in [3.63, 3.8) is 0 Å². The maximum atomic E-state index is 11.2. The third-order valence-corrected chi connectivity index (χ3v) is 7.77. The SMILES string of the molecule is CCc1cnc2c3c(c4ncc(CC)nc4c2n1)Sc1c(CCCS(=O)(=O)O)cccc1N3. The molecule has 2 aromatic heterocycles. The Morgan fingerprint density at radius 2 is 1.61 bits per heavy atom. The lowest BCUT2D eigenvalue weighted by Crippen LogP contribution is -2.08. The molecular weight excluding hydrogens is 458 g/mol. The Labute approximate surface area is 196 Å². The zero-order valence-corrected chi connectivity index (χ0v) is 19.9. The van der Waals surface area contributed by atoms with Crippen molar-refractivity contribution in [2.75, 3.05) is 11.1 Å². The summed E-state index contributed by atoms with van der Waals surface area (Å²) in [6, 6.07) is 5.92. The van der Waals surface area contributed by atoms with Gasteiger partial charge in [-0.3, -0.25) is 14.5 Å². The zero-order valence-electron chi connectivity index (χ0n) is 18.3. The van der Waals surface area contributed by atoms with E-state index in [1.807, 2.05) is 32.0 Å². The quantitative estimate of drug-likeness (QED) is 0.262. The van der Waals surface area contributed by atoms with E-state index in [4.69, 9.17) is 24.5 Å². The molecule has 0 atom stereocenters. The molecule has 0 unspecified atom stereocenters. The molecule has 0 saturated heterocycles. The molecule has 0 spiro atoms. The van der Waals surface area contributed by atoms with Crippen LogP contribution in [-0.2, 0) is 29.4 Å². The van der Waals surface area contributed by atoms with E-state index in [0.717, 1.165) is 73.0 Å². The predicted molar refractivity (Wildman–Crippen MR) is 130 cm³/mol. The molecule has 4 aromatic rings. The van der Waals surface area contributed by atoms with Crippen LogP contribution in [-0.4, -0.2) is 38.7 Å². The van der Waals surface area contributed by atoms with Crippen molar-refractivity contribution in [3.8, 4) is 0 Å². The van der Waals surface area contributed by atoms with E-state index in [9.17, 15) is 8.42 Å². The summed E-state index contributed by atoms with van der Waals surface area (Å²) in [5, 5.41) is 3.53. The van der Waals surface area contributed by atoms with E-state index in [2.05, 4.69) is 5.32 Å². The fourth-order valence-electron chi connectivity index (χ4n) is 3.99. The Hall–Kier alpha value is -2.82. The highest BCUT2D eigenvalue weighted by molar-refractivity contribution is 8.00. The van der Waals surface area contributed by atoms with Crippen LogP contribution in [0.25, 0.3) is 22.1 Å². The normalized spacial score (nSPS) is 13.1. The molecule has 10 heteroatoms. The number of aryl methyl sites for hydroxylation is 3. The monoisotopic (exact) mass is 481 g/mol. The summed E-state index contributed by atoms with van der Waals surface area (Å²) in [5.41, 5.74) is 7.61. The van der Waals surface area contributed by atoms with Crippen LogP contribution in [0.4, 0.5) is 11.4 Å². The Kier molecular flexibility index (Phi) is 5.67. The average Bonchev–Trinajstić information content (AvgIpc) is 2.82. The first-order valence-electron chi connectivity index (χ1n) is 10.9. The van der Waals surface area contributed by atoms with Crippen LogP contribution in [0, 0.1) is 0 Å². The molecule has 0 amide bonds. The second kappa shape index (κ2) is 8.51. The van der Waals surface area contributed by atoms with Gasteiger partial charge in [-0.2, -0.15) is 8.42 Å². The molecule has 33 heavy (non-hydrogen) atoms. The van der Waals surface area contributed by atoms with Crippen LogP contribution < -0.4 is 5.32 Å². The summed E-state index contributed by atoms with van der Waals surface area (Å²) in [6.45, 7) is 4.10. The topological polar surface area (TPSA) is 118 Å². The van der Waals surface area contributed by atoms with Crippen LogP contribution in [0.2, 0.25) is 0 Å². The van der Waals surface area contributed by atoms with Gasteiger partial charge in [0.2, 0.25) is 0 Å². The molecule has 2 aromatic carbocycles. The number of benzene rings is 2. The molecule has 8 nitrogen and oxygen atoms in total. The lowest BCUT2D eigenvalue weighted by atomic mass is 10.1. The number of aromatic nitrogens is 4. The zero-order chi connectivity index (χ0) is 23.2. The Bertz CT molecular complexity index is 1510. The summed E-state index contributed by atoms with van der Waals surface area (Å²) in [4.78, 5) is 21.2.